The fourth-order valence-corrected chi connectivity index (χ4v) is 2.01. The fraction of sp³-hybridized carbons (Fsp3) is 0.133. The Labute approximate surface area is 122 Å². The van der Waals surface area contributed by atoms with Gasteiger partial charge in [-0.2, -0.15) is 0 Å². The number of amides is 1. The monoisotopic (exact) mass is 290 g/mol. The summed E-state index contributed by atoms with van der Waals surface area (Å²) in [6.45, 7) is 0. The normalized spacial score (nSPS) is 10.1. The molecule has 0 saturated heterocycles. The molecule has 4 nitrogen and oxygen atoms in total. The zero-order chi connectivity index (χ0) is 14.5. The molecule has 3 N–H and O–H groups in total. The van der Waals surface area contributed by atoms with E-state index in [1.165, 1.54) is 7.11 Å². The van der Waals surface area contributed by atoms with Crippen molar-refractivity contribution >= 4 is 28.9 Å². The molecular weight excluding hydrogens is 276 g/mol. The number of anilines is 2. The Kier molecular flexibility index (Phi) is 4.48. The van der Waals surface area contributed by atoms with E-state index >= 15 is 0 Å². The number of rotatable bonds is 4. The van der Waals surface area contributed by atoms with E-state index in [1.54, 1.807) is 24.3 Å². The van der Waals surface area contributed by atoms with E-state index in [9.17, 15) is 4.79 Å². The van der Waals surface area contributed by atoms with Crippen molar-refractivity contribution < 1.29 is 9.53 Å². The number of carbonyl (C=O) groups is 1. The van der Waals surface area contributed by atoms with Crippen LogP contribution in [0.4, 0.5) is 11.4 Å². The van der Waals surface area contributed by atoms with Crippen LogP contribution in [0.5, 0.6) is 5.75 Å². The standard InChI is InChI=1S/C15H15ClN2O2/c1-20-14-9-11(6-7-13(14)17)18-15(19)8-10-4-2-3-5-12(10)16/h2-7,9H,8,17H2,1H3,(H,18,19). The van der Waals surface area contributed by atoms with Crippen LogP contribution in [0.15, 0.2) is 42.5 Å². The topological polar surface area (TPSA) is 64.3 Å². The van der Waals surface area contributed by atoms with Gasteiger partial charge in [0.1, 0.15) is 5.75 Å². The molecule has 2 aromatic rings. The van der Waals surface area contributed by atoms with Crippen molar-refractivity contribution in [2.24, 2.45) is 0 Å². The lowest BCUT2D eigenvalue weighted by Crippen LogP contribution is -2.14. The summed E-state index contributed by atoms with van der Waals surface area (Å²) in [5, 5.41) is 3.37. The lowest BCUT2D eigenvalue weighted by atomic mass is 10.1. The molecule has 5 heteroatoms. The number of hydrogen-bond acceptors (Lipinski definition) is 3. The summed E-state index contributed by atoms with van der Waals surface area (Å²) in [4.78, 5) is 12.0. The largest absolute Gasteiger partial charge is 0.495 e. The maximum Gasteiger partial charge on any atom is 0.228 e. The molecule has 0 spiro atoms. The van der Waals surface area contributed by atoms with Crippen molar-refractivity contribution in [3.8, 4) is 5.75 Å². The van der Waals surface area contributed by atoms with E-state index in [4.69, 9.17) is 22.1 Å². The Balaban J connectivity index is 2.07. The number of carbonyl (C=O) groups excluding carboxylic acids is 1. The molecule has 0 radical (unpaired) electrons. The van der Waals surface area contributed by atoms with Gasteiger partial charge in [-0.1, -0.05) is 29.8 Å². The molecule has 0 aliphatic carbocycles. The Morgan fingerprint density at radius 2 is 2.05 bits per heavy atom. The van der Waals surface area contributed by atoms with Crippen LogP contribution in [0.3, 0.4) is 0 Å². The minimum atomic E-state index is -0.148. The third-order valence-electron chi connectivity index (χ3n) is 2.83. The molecule has 104 valence electrons. The summed E-state index contributed by atoms with van der Waals surface area (Å²) in [7, 11) is 1.53. The van der Waals surface area contributed by atoms with Crippen molar-refractivity contribution in [2.75, 3.05) is 18.2 Å². The van der Waals surface area contributed by atoms with Crippen molar-refractivity contribution in [2.45, 2.75) is 6.42 Å². The van der Waals surface area contributed by atoms with E-state index in [1.807, 2.05) is 18.2 Å². The van der Waals surface area contributed by atoms with Gasteiger partial charge in [-0.25, -0.2) is 0 Å². The number of hydrogen-bond donors (Lipinski definition) is 2. The van der Waals surface area contributed by atoms with Crippen LogP contribution in [-0.4, -0.2) is 13.0 Å². The first kappa shape index (κ1) is 14.2. The van der Waals surface area contributed by atoms with E-state index in [0.29, 0.717) is 22.1 Å². The second-order valence-electron chi connectivity index (χ2n) is 4.27. The number of nitrogens with two attached hydrogens (primary N) is 1. The maximum absolute atomic E-state index is 12.0. The molecule has 0 saturated carbocycles. The molecule has 2 aromatic carbocycles. The molecule has 2 rings (SSSR count). The number of benzene rings is 2. The van der Waals surface area contributed by atoms with Gasteiger partial charge in [0.2, 0.25) is 5.91 Å². The van der Waals surface area contributed by atoms with Crippen molar-refractivity contribution in [3.63, 3.8) is 0 Å². The Bertz CT molecular complexity index is 629. The summed E-state index contributed by atoms with van der Waals surface area (Å²) in [5.74, 6) is 0.380. The van der Waals surface area contributed by atoms with Gasteiger partial charge in [0.15, 0.2) is 0 Å². The quantitative estimate of drug-likeness (QED) is 0.850. The van der Waals surface area contributed by atoms with E-state index in [0.717, 1.165) is 5.56 Å². The first-order valence-corrected chi connectivity index (χ1v) is 6.44. The lowest BCUT2D eigenvalue weighted by molar-refractivity contribution is -0.115. The maximum atomic E-state index is 12.0. The predicted molar refractivity (Wildman–Crippen MR) is 81.2 cm³/mol. The molecular formula is C15H15ClN2O2. The van der Waals surface area contributed by atoms with Gasteiger partial charge >= 0.3 is 0 Å². The van der Waals surface area contributed by atoms with E-state index in [2.05, 4.69) is 5.32 Å². The summed E-state index contributed by atoms with van der Waals surface area (Å²) in [6.07, 6.45) is 0.215. The van der Waals surface area contributed by atoms with E-state index < -0.39 is 0 Å². The summed E-state index contributed by atoms with van der Waals surface area (Å²) in [5.41, 5.74) is 7.66. The van der Waals surface area contributed by atoms with Gasteiger partial charge in [0.05, 0.1) is 19.2 Å². The molecule has 0 fully saturated rings. The number of methoxy groups -OCH3 is 1. The van der Waals surface area contributed by atoms with Gasteiger partial charge in [-0.15, -0.1) is 0 Å². The van der Waals surface area contributed by atoms with Crippen LogP contribution >= 0.6 is 11.6 Å². The third kappa shape index (κ3) is 3.42. The summed E-state index contributed by atoms with van der Waals surface area (Å²) >= 11 is 6.02. The molecule has 20 heavy (non-hydrogen) atoms. The second kappa shape index (κ2) is 6.30. The summed E-state index contributed by atoms with van der Waals surface area (Å²) in [6, 6.07) is 12.4. The second-order valence-corrected chi connectivity index (χ2v) is 4.68. The zero-order valence-electron chi connectivity index (χ0n) is 11.0. The molecule has 0 heterocycles. The summed E-state index contributed by atoms with van der Waals surface area (Å²) < 4.78 is 5.11. The first-order valence-electron chi connectivity index (χ1n) is 6.07. The van der Waals surface area contributed by atoms with Crippen LogP contribution in [-0.2, 0) is 11.2 Å². The highest BCUT2D eigenvalue weighted by Gasteiger charge is 2.08. The van der Waals surface area contributed by atoms with Crippen LogP contribution in [0, 0.1) is 0 Å². The van der Waals surface area contributed by atoms with Crippen LogP contribution in [0.2, 0.25) is 5.02 Å². The number of halogens is 1. The Hall–Kier alpha value is -2.20. The van der Waals surface area contributed by atoms with Crippen LogP contribution in [0.1, 0.15) is 5.56 Å². The molecule has 0 aromatic heterocycles. The van der Waals surface area contributed by atoms with Crippen LogP contribution in [0.25, 0.3) is 0 Å². The highest BCUT2D eigenvalue weighted by molar-refractivity contribution is 6.31. The van der Waals surface area contributed by atoms with Crippen LogP contribution < -0.4 is 15.8 Å². The minimum absolute atomic E-state index is 0.148. The van der Waals surface area contributed by atoms with E-state index in [-0.39, 0.29) is 12.3 Å². The fourth-order valence-electron chi connectivity index (χ4n) is 1.81. The van der Waals surface area contributed by atoms with Gasteiger partial charge in [-0.05, 0) is 23.8 Å². The van der Waals surface area contributed by atoms with Gasteiger partial charge < -0.3 is 15.8 Å². The third-order valence-corrected chi connectivity index (χ3v) is 3.19. The highest BCUT2D eigenvalue weighted by Crippen LogP contribution is 2.25. The molecule has 0 atom stereocenters. The highest BCUT2D eigenvalue weighted by atomic mass is 35.5. The zero-order valence-corrected chi connectivity index (χ0v) is 11.8. The molecule has 1 amide bonds. The lowest BCUT2D eigenvalue weighted by Gasteiger charge is -2.09. The number of nitrogens with one attached hydrogen (secondary N) is 1. The molecule has 0 aliphatic heterocycles. The predicted octanol–water partition coefficient (Wildman–Crippen LogP) is 3.11. The molecule has 0 aliphatic rings. The minimum Gasteiger partial charge on any atom is -0.495 e. The van der Waals surface area contributed by atoms with Gasteiger partial charge in [-0.3, -0.25) is 4.79 Å². The average molecular weight is 291 g/mol. The Morgan fingerprint density at radius 1 is 1.30 bits per heavy atom. The van der Waals surface area contributed by atoms with Gasteiger partial charge in [0.25, 0.3) is 0 Å². The average Bonchev–Trinajstić information content (AvgIpc) is 2.43. The van der Waals surface area contributed by atoms with Gasteiger partial charge in [0, 0.05) is 16.8 Å². The Morgan fingerprint density at radius 3 is 2.75 bits per heavy atom. The smallest absolute Gasteiger partial charge is 0.228 e. The molecule has 0 bridgehead atoms. The van der Waals surface area contributed by atoms with Crippen molar-refractivity contribution in [3.05, 3.63) is 53.1 Å². The number of ether oxygens (including phenoxy) is 1. The molecule has 0 unspecified atom stereocenters. The first-order chi connectivity index (χ1) is 9.60. The SMILES string of the molecule is COc1cc(NC(=O)Cc2ccccc2Cl)ccc1N. The number of nitrogen functional groups attached to an aromatic ring is 1. The van der Waals surface area contributed by atoms with Crippen molar-refractivity contribution in [1.29, 1.82) is 0 Å². The van der Waals surface area contributed by atoms with Crippen molar-refractivity contribution in [1.82, 2.24) is 0 Å².